The average Bonchev–Trinajstić information content (AvgIpc) is 3.15. The minimum atomic E-state index is -0.309. The van der Waals surface area contributed by atoms with Crippen molar-refractivity contribution in [2.75, 3.05) is 6.54 Å². The Morgan fingerprint density at radius 2 is 2.20 bits per heavy atom. The van der Waals surface area contributed by atoms with Crippen molar-refractivity contribution in [3.8, 4) is 11.4 Å². The maximum atomic E-state index is 13.5. The highest BCUT2D eigenvalue weighted by Gasteiger charge is 2.26. The highest BCUT2D eigenvalue weighted by molar-refractivity contribution is 7.07. The number of hydrogen-bond acceptors (Lipinski definition) is 5. The first-order valence-electron chi connectivity index (χ1n) is 7.91. The number of halogens is 1. The third-order valence-corrected chi connectivity index (χ3v) is 4.87. The summed E-state index contributed by atoms with van der Waals surface area (Å²) in [5.74, 6) is 0.145. The molecule has 0 radical (unpaired) electrons. The van der Waals surface area contributed by atoms with E-state index >= 15 is 0 Å². The number of fused-ring (bicyclic) bond motifs is 1. The quantitative estimate of drug-likeness (QED) is 0.709. The molecule has 0 spiro atoms. The summed E-state index contributed by atoms with van der Waals surface area (Å²) in [6.07, 6.45) is 0.650. The minimum absolute atomic E-state index is 0.0690. The Bertz CT molecular complexity index is 942. The van der Waals surface area contributed by atoms with Crippen LogP contribution in [0.1, 0.15) is 27.4 Å². The number of nitrogens with zero attached hydrogens (tertiary/aromatic N) is 4. The van der Waals surface area contributed by atoms with E-state index in [-0.39, 0.29) is 11.7 Å². The van der Waals surface area contributed by atoms with Gasteiger partial charge in [-0.05, 0) is 19.1 Å². The second-order valence-electron chi connectivity index (χ2n) is 5.92. The molecule has 3 aromatic rings. The lowest BCUT2D eigenvalue weighted by Crippen LogP contribution is -2.37. The van der Waals surface area contributed by atoms with Crippen molar-refractivity contribution in [1.82, 2.24) is 19.9 Å². The number of hydrogen-bond donors (Lipinski definition) is 0. The van der Waals surface area contributed by atoms with Gasteiger partial charge >= 0.3 is 0 Å². The molecule has 0 fully saturated rings. The van der Waals surface area contributed by atoms with Crippen LogP contribution in [-0.4, -0.2) is 32.3 Å². The first-order chi connectivity index (χ1) is 12.1. The lowest BCUT2D eigenvalue weighted by molar-refractivity contribution is 0.0728. The molecule has 1 amide bonds. The molecule has 1 aliphatic heterocycles. The number of carbonyl (C=O) groups is 1. The molecule has 25 heavy (non-hydrogen) atoms. The SMILES string of the molecule is Cc1nc(-c2cccc(F)c2)nc2c1CN(C(=O)c1cscn1)CC2. The lowest BCUT2D eigenvalue weighted by Gasteiger charge is -2.28. The Balaban J connectivity index is 1.65. The topological polar surface area (TPSA) is 59.0 Å². The molecule has 4 rings (SSSR count). The fourth-order valence-corrected chi connectivity index (χ4v) is 3.51. The van der Waals surface area contributed by atoms with Crippen molar-refractivity contribution in [3.05, 3.63) is 63.6 Å². The Morgan fingerprint density at radius 3 is 2.96 bits per heavy atom. The predicted octanol–water partition coefficient (Wildman–Crippen LogP) is 3.25. The van der Waals surface area contributed by atoms with Crippen molar-refractivity contribution in [3.63, 3.8) is 0 Å². The van der Waals surface area contributed by atoms with Crippen LogP contribution in [0.5, 0.6) is 0 Å². The highest BCUT2D eigenvalue weighted by atomic mass is 32.1. The van der Waals surface area contributed by atoms with Gasteiger partial charge in [0.25, 0.3) is 5.91 Å². The Morgan fingerprint density at radius 1 is 1.32 bits per heavy atom. The van der Waals surface area contributed by atoms with E-state index in [2.05, 4.69) is 15.0 Å². The third-order valence-electron chi connectivity index (χ3n) is 4.29. The summed E-state index contributed by atoms with van der Waals surface area (Å²) in [7, 11) is 0. The molecule has 0 atom stereocenters. The van der Waals surface area contributed by atoms with Crippen LogP contribution in [0.2, 0.25) is 0 Å². The van der Waals surface area contributed by atoms with E-state index in [4.69, 9.17) is 0 Å². The highest BCUT2D eigenvalue weighted by Crippen LogP contribution is 2.25. The van der Waals surface area contributed by atoms with Crippen LogP contribution in [-0.2, 0) is 13.0 Å². The van der Waals surface area contributed by atoms with Crippen LogP contribution in [0.25, 0.3) is 11.4 Å². The van der Waals surface area contributed by atoms with Crippen molar-refractivity contribution >= 4 is 17.2 Å². The zero-order valence-corrected chi connectivity index (χ0v) is 14.4. The number of benzene rings is 1. The second-order valence-corrected chi connectivity index (χ2v) is 6.64. The number of carbonyl (C=O) groups excluding carboxylic acids is 1. The zero-order valence-electron chi connectivity index (χ0n) is 13.6. The standard InChI is InChI=1S/C18H15FN4OS/c1-11-14-8-23(18(24)16-9-25-10-20-16)6-5-15(14)22-17(21-11)12-3-2-4-13(19)7-12/h2-4,7,9-10H,5-6,8H2,1H3. The maximum absolute atomic E-state index is 13.5. The summed E-state index contributed by atoms with van der Waals surface area (Å²) in [4.78, 5) is 27.5. The van der Waals surface area contributed by atoms with Crippen LogP contribution in [0, 0.1) is 12.7 Å². The van der Waals surface area contributed by atoms with E-state index in [1.165, 1.54) is 23.5 Å². The fourth-order valence-electron chi connectivity index (χ4n) is 2.99. The van der Waals surface area contributed by atoms with Gasteiger partial charge in [0.1, 0.15) is 11.5 Å². The molecular weight excluding hydrogens is 339 g/mol. The van der Waals surface area contributed by atoms with Gasteiger partial charge in [-0.3, -0.25) is 4.79 Å². The predicted molar refractivity (Wildman–Crippen MR) is 92.7 cm³/mol. The monoisotopic (exact) mass is 354 g/mol. The maximum Gasteiger partial charge on any atom is 0.273 e. The van der Waals surface area contributed by atoms with Gasteiger partial charge in [-0.1, -0.05) is 12.1 Å². The van der Waals surface area contributed by atoms with Gasteiger partial charge in [-0.15, -0.1) is 11.3 Å². The van der Waals surface area contributed by atoms with Crippen LogP contribution in [0.4, 0.5) is 4.39 Å². The fraction of sp³-hybridized carbons (Fsp3) is 0.222. The van der Waals surface area contributed by atoms with Crippen LogP contribution in [0.3, 0.4) is 0 Å². The molecule has 2 aromatic heterocycles. The molecule has 7 heteroatoms. The summed E-state index contributed by atoms with van der Waals surface area (Å²) in [6.45, 7) is 2.96. The third kappa shape index (κ3) is 3.02. The Kier molecular flexibility index (Phi) is 4.01. The number of rotatable bonds is 2. The molecule has 1 aromatic carbocycles. The van der Waals surface area contributed by atoms with Gasteiger partial charge in [-0.2, -0.15) is 0 Å². The summed E-state index contributed by atoms with van der Waals surface area (Å²) < 4.78 is 13.5. The van der Waals surface area contributed by atoms with Crippen molar-refractivity contribution in [2.24, 2.45) is 0 Å². The first kappa shape index (κ1) is 15.8. The van der Waals surface area contributed by atoms with Gasteiger partial charge in [0.15, 0.2) is 5.82 Å². The van der Waals surface area contributed by atoms with E-state index in [1.807, 2.05) is 6.92 Å². The Labute approximate surface area is 148 Å². The van der Waals surface area contributed by atoms with Crippen molar-refractivity contribution in [2.45, 2.75) is 19.9 Å². The van der Waals surface area contributed by atoms with Crippen molar-refractivity contribution < 1.29 is 9.18 Å². The Hall–Kier alpha value is -2.67. The number of amides is 1. The summed E-state index contributed by atoms with van der Waals surface area (Å²) in [6, 6.07) is 6.28. The molecule has 0 bridgehead atoms. The molecule has 5 nitrogen and oxygen atoms in total. The van der Waals surface area contributed by atoms with E-state index in [1.54, 1.807) is 27.9 Å². The van der Waals surface area contributed by atoms with Gasteiger partial charge < -0.3 is 4.90 Å². The molecule has 0 aliphatic carbocycles. The van der Waals surface area contributed by atoms with Gasteiger partial charge in [0.2, 0.25) is 0 Å². The normalized spacial score (nSPS) is 13.6. The summed E-state index contributed by atoms with van der Waals surface area (Å²) >= 11 is 1.41. The van der Waals surface area contributed by atoms with Crippen molar-refractivity contribution in [1.29, 1.82) is 0 Å². The molecule has 0 unspecified atom stereocenters. The molecular formula is C18H15FN4OS. The molecule has 3 heterocycles. The van der Waals surface area contributed by atoms with Gasteiger partial charge in [0.05, 0.1) is 11.2 Å². The van der Waals surface area contributed by atoms with Crippen LogP contribution in [0.15, 0.2) is 35.2 Å². The van der Waals surface area contributed by atoms with E-state index < -0.39 is 0 Å². The van der Waals surface area contributed by atoms with Crippen LogP contribution >= 0.6 is 11.3 Å². The van der Waals surface area contributed by atoms with Gasteiger partial charge in [-0.25, -0.2) is 19.3 Å². The molecule has 0 saturated heterocycles. The van der Waals surface area contributed by atoms with Crippen LogP contribution < -0.4 is 0 Å². The smallest absolute Gasteiger partial charge is 0.273 e. The number of aryl methyl sites for hydroxylation is 1. The summed E-state index contributed by atoms with van der Waals surface area (Å²) in [5.41, 5.74) is 5.50. The molecule has 1 aliphatic rings. The molecule has 126 valence electrons. The second kappa shape index (κ2) is 6.33. The summed E-state index contributed by atoms with van der Waals surface area (Å²) in [5, 5.41) is 1.76. The largest absolute Gasteiger partial charge is 0.332 e. The lowest BCUT2D eigenvalue weighted by atomic mass is 10.0. The number of thiazole rings is 1. The van der Waals surface area contributed by atoms with E-state index in [0.717, 1.165) is 17.0 Å². The molecule has 0 saturated carbocycles. The van der Waals surface area contributed by atoms with Gasteiger partial charge in [0, 0.05) is 41.7 Å². The average molecular weight is 354 g/mol. The first-order valence-corrected chi connectivity index (χ1v) is 8.86. The van der Waals surface area contributed by atoms with E-state index in [9.17, 15) is 9.18 Å². The minimum Gasteiger partial charge on any atom is -0.332 e. The van der Waals surface area contributed by atoms with E-state index in [0.29, 0.717) is 36.6 Å². The zero-order chi connectivity index (χ0) is 17.4. The number of aromatic nitrogens is 3. The molecule has 0 N–H and O–H groups in total.